The van der Waals surface area contributed by atoms with Crippen LogP contribution in [0.3, 0.4) is 0 Å². The zero-order valence-corrected chi connectivity index (χ0v) is 12.6. The summed E-state index contributed by atoms with van der Waals surface area (Å²) in [5.74, 6) is -1.21. The third-order valence-electron chi connectivity index (χ3n) is 2.91. The van der Waals surface area contributed by atoms with Crippen molar-refractivity contribution in [2.75, 3.05) is 0 Å². The summed E-state index contributed by atoms with van der Waals surface area (Å²) in [6.07, 6.45) is 1.40. The number of nitrogens with one attached hydrogen (secondary N) is 2. The SMILES string of the molecule is CC1=NNC(=O)[C@H]1CC(=O)N/N=C\c1ccc(Cl)cc1Cl. The van der Waals surface area contributed by atoms with Crippen LogP contribution in [0, 0.1) is 5.92 Å². The summed E-state index contributed by atoms with van der Waals surface area (Å²) in [4.78, 5) is 23.1. The molecule has 0 saturated carbocycles. The molecule has 0 bridgehead atoms. The number of hydrazone groups is 2. The zero-order chi connectivity index (χ0) is 15.4. The summed E-state index contributed by atoms with van der Waals surface area (Å²) in [6.45, 7) is 1.69. The van der Waals surface area contributed by atoms with Gasteiger partial charge in [0.15, 0.2) is 0 Å². The fourth-order valence-electron chi connectivity index (χ4n) is 1.74. The van der Waals surface area contributed by atoms with Crippen LogP contribution in [0.15, 0.2) is 28.4 Å². The van der Waals surface area contributed by atoms with Crippen molar-refractivity contribution in [1.29, 1.82) is 0 Å². The van der Waals surface area contributed by atoms with Gasteiger partial charge < -0.3 is 0 Å². The van der Waals surface area contributed by atoms with Crippen molar-refractivity contribution in [1.82, 2.24) is 10.9 Å². The van der Waals surface area contributed by atoms with Crippen molar-refractivity contribution < 1.29 is 9.59 Å². The number of hydrogen-bond donors (Lipinski definition) is 2. The highest BCUT2D eigenvalue weighted by Gasteiger charge is 2.28. The fraction of sp³-hybridized carbons (Fsp3) is 0.231. The smallest absolute Gasteiger partial charge is 0.249 e. The van der Waals surface area contributed by atoms with Crippen LogP contribution in [0.25, 0.3) is 0 Å². The summed E-state index contributed by atoms with van der Waals surface area (Å²) in [6, 6.07) is 4.93. The first-order valence-corrected chi connectivity index (χ1v) is 6.84. The van der Waals surface area contributed by atoms with Crippen LogP contribution in [0.2, 0.25) is 10.0 Å². The largest absolute Gasteiger partial charge is 0.273 e. The van der Waals surface area contributed by atoms with Gasteiger partial charge in [-0.1, -0.05) is 29.3 Å². The van der Waals surface area contributed by atoms with Crippen molar-refractivity contribution in [3.8, 4) is 0 Å². The molecular weight excluding hydrogens is 315 g/mol. The molecule has 0 radical (unpaired) electrons. The first kappa shape index (κ1) is 15.5. The Morgan fingerprint density at radius 3 is 2.90 bits per heavy atom. The molecule has 8 heteroatoms. The molecule has 110 valence electrons. The maximum absolute atomic E-state index is 11.7. The Hall–Kier alpha value is -1.92. The lowest BCUT2D eigenvalue weighted by Crippen LogP contribution is -2.29. The number of nitrogens with zero attached hydrogens (tertiary/aromatic N) is 2. The lowest BCUT2D eigenvalue weighted by molar-refractivity contribution is -0.127. The maximum atomic E-state index is 11.7. The maximum Gasteiger partial charge on any atom is 0.249 e. The summed E-state index contributed by atoms with van der Waals surface area (Å²) in [7, 11) is 0. The van der Waals surface area contributed by atoms with Crippen molar-refractivity contribution in [3.05, 3.63) is 33.8 Å². The van der Waals surface area contributed by atoms with Crippen molar-refractivity contribution >= 4 is 46.9 Å². The number of carbonyl (C=O) groups excluding carboxylic acids is 2. The molecule has 2 amide bonds. The van der Waals surface area contributed by atoms with Gasteiger partial charge in [-0.2, -0.15) is 10.2 Å². The molecule has 1 atom stereocenters. The second-order valence-electron chi connectivity index (χ2n) is 4.44. The minimum absolute atomic E-state index is 0.00709. The lowest BCUT2D eigenvalue weighted by Gasteiger charge is -2.05. The molecule has 0 aromatic heterocycles. The van der Waals surface area contributed by atoms with Crippen LogP contribution in [-0.2, 0) is 9.59 Å². The molecule has 1 aromatic rings. The van der Waals surface area contributed by atoms with Crippen molar-refractivity contribution in [3.63, 3.8) is 0 Å². The predicted octanol–water partition coefficient (Wildman–Crippen LogP) is 1.96. The third kappa shape index (κ3) is 4.03. The Labute approximate surface area is 131 Å². The van der Waals surface area contributed by atoms with Gasteiger partial charge in [0, 0.05) is 22.7 Å². The van der Waals surface area contributed by atoms with Gasteiger partial charge in [0.1, 0.15) is 0 Å². The first-order valence-electron chi connectivity index (χ1n) is 6.08. The van der Waals surface area contributed by atoms with Gasteiger partial charge in [-0.05, 0) is 19.1 Å². The molecule has 1 aromatic carbocycles. The fourth-order valence-corrected chi connectivity index (χ4v) is 2.20. The third-order valence-corrected chi connectivity index (χ3v) is 3.47. The normalized spacial score (nSPS) is 17.8. The molecule has 1 heterocycles. The second kappa shape index (κ2) is 6.69. The van der Waals surface area contributed by atoms with Gasteiger partial charge in [0.05, 0.1) is 17.2 Å². The van der Waals surface area contributed by atoms with E-state index in [1.807, 2.05) is 0 Å². The summed E-state index contributed by atoms with van der Waals surface area (Å²) >= 11 is 11.7. The number of carbonyl (C=O) groups is 2. The molecule has 6 nitrogen and oxygen atoms in total. The monoisotopic (exact) mass is 326 g/mol. The Kier molecular flexibility index (Phi) is 4.93. The van der Waals surface area contributed by atoms with E-state index in [0.717, 1.165) is 0 Å². The summed E-state index contributed by atoms with van der Waals surface area (Å²) < 4.78 is 0. The number of hydrogen-bond acceptors (Lipinski definition) is 4. The topological polar surface area (TPSA) is 82.9 Å². The van der Waals surface area contributed by atoms with E-state index in [9.17, 15) is 9.59 Å². The molecule has 21 heavy (non-hydrogen) atoms. The number of halogens is 2. The van der Waals surface area contributed by atoms with E-state index in [4.69, 9.17) is 23.2 Å². The minimum atomic E-state index is -0.542. The van der Waals surface area contributed by atoms with Crippen LogP contribution in [0.1, 0.15) is 18.9 Å². The van der Waals surface area contributed by atoms with Crippen LogP contribution in [0.4, 0.5) is 0 Å². The van der Waals surface area contributed by atoms with Gasteiger partial charge >= 0.3 is 0 Å². The Balaban J connectivity index is 1.90. The van der Waals surface area contributed by atoms with Gasteiger partial charge in [0.25, 0.3) is 0 Å². The summed E-state index contributed by atoms with van der Waals surface area (Å²) in [5, 5.41) is 8.51. The molecule has 0 unspecified atom stereocenters. The van der Waals surface area contributed by atoms with Crippen molar-refractivity contribution in [2.24, 2.45) is 16.1 Å². The van der Waals surface area contributed by atoms with E-state index in [0.29, 0.717) is 21.3 Å². The molecule has 0 saturated heterocycles. The Morgan fingerprint density at radius 2 is 2.29 bits per heavy atom. The van der Waals surface area contributed by atoms with Crippen LogP contribution in [-0.4, -0.2) is 23.7 Å². The summed E-state index contributed by atoms with van der Waals surface area (Å²) in [5.41, 5.74) is 5.87. The Bertz CT molecular complexity index is 643. The Morgan fingerprint density at radius 1 is 1.52 bits per heavy atom. The van der Waals surface area contributed by atoms with Crippen molar-refractivity contribution in [2.45, 2.75) is 13.3 Å². The van der Waals surface area contributed by atoms with E-state index in [1.165, 1.54) is 6.21 Å². The predicted molar refractivity (Wildman–Crippen MR) is 81.6 cm³/mol. The second-order valence-corrected chi connectivity index (χ2v) is 5.29. The molecule has 1 aliphatic heterocycles. The quantitative estimate of drug-likeness (QED) is 0.654. The van der Waals surface area contributed by atoms with Gasteiger partial charge in [-0.25, -0.2) is 10.9 Å². The molecular formula is C13H12Cl2N4O2. The number of amides is 2. The molecule has 2 rings (SSSR count). The molecule has 1 aliphatic rings. The lowest BCUT2D eigenvalue weighted by atomic mass is 10.0. The van der Waals surface area contributed by atoms with Crippen LogP contribution < -0.4 is 10.9 Å². The van der Waals surface area contributed by atoms with Gasteiger partial charge in [-0.15, -0.1) is 0 Å². The van der Waals surface area contributed by atoms with Gasteiger partial charge in [-0.3, -0.25) is 9.59 Å². The molecule has 0 spiro atoms. The number of rotatable bonds is 4. The zero-order valence-electron chi connectivity index (χ0n) is 11.1. The minimum Gasteiger partial charge on any atom is -0.273 e. The van der Waals surface area contributed by atoms with E-state index in [-0.39, 0.29) is 18.2 Å². The van der Waals surface area contributed by atoms with Crippen LogP contribution >= 0.6 is 23.2 Å². The highest BCUT2D eigenvalue weighted by Crippen LogP contribution is 2.19. The van der Waals surface area contributed by atoms with Crippen LogP contribution in [0.5, 0.6) is 0 Å². The average Bonchev–Trinajstić information content (AvgIpc) is 2.73. The van der Waals surface area contributed by atoms with E-state index in [2.05, 4.69) is 21.1 Å². The molecule has 2 N–H and O–H groups in total. The standard InChI is InChI=1S/C13H12Cl2N4O2/c1-7-10(13(21)19-17-7)5-12(20)18-16-6-8-2-3-9(14)4-11(8)15/h2-4,6,10H,5H2,1H3,(H,18,20)(H,19,21)/b16-6-/t10-/m0/s1. The highest BCUT2D eigenvalue weighted by atomic mass is 35.5. The molecule has 0 fully saturated rings. The van der Waals surface area contributed by atoms with E-state index >= 15 is 0 Å². The van der Waals surface area contributed by atoms with Gasteiger partial charge in [0.2, 0.25) is 11.8 Å². The highest BCUT2D eigenvalue weighted by molar-refractivity contribution is 6.36. The molecule has 0 aliphatic carbocycles. The first-order chi connectivity index (χ1) is 9.97. The van der Waals surface area contributed by atoms with E-state index in [1.54, 1.807) is 25.1 Å². The number of benzene rings is 1. The average molecular weight is 327 g/mol. The van der Waals surface area contributed by atoms with E-state index < -0.39 is 5.92 Å².